The fourth-order valence-electron chi connectivity index (χ4n) is 2.81. The van der Waals surface area contributed by atoms with Crippen LogP contribution in [0.3, 0.4) is 0 Å². The zero-order valence-electron chi connectivity index (χ0n) is 9.56. The Hall–Kier alpha value is -1.32. The van der Waals surface area contributed by atoms with Gasteiger partial charge in [0, 0.05) is 18.4 Å². The highest BCUT2D eigenvalue weighted by atomic mass is 16.6. The summed E-state index contributed by atoms with van der Waals surface area (Å²) in [5.74, 6) is -0.623. The van der Waals surface area contributed by atoms with Gasteiger partial charge >= 0.3 is 11.9 Å². The number of carbonyl (C=O) groups excluding carboxylic acids is 2. The van der Waals surface area contributed by atoms with Crippen molar-refractivity contribution in [2.45, 2.75) is 38.4 Å². The third kappa shape index (κ3) is 1.72. The van der Waals surface area contributed by atoms with E-state index < -0.39 is 5.97 Å². The highest BCUT2D eigenvalue weighted by molar-refractivity contribution is 5.81. The Morgan fingerprint density at radius 1 is 1.69 bits per heavy atom. The number of ether oxygens (including phenoxy) is 2. The zero-order valence-corrected chi connectivity index (χ0v) is 9.56. The van der Waals surface area contributed by atoms with Crippen LogP contribution in [-0.2, 0) is 19.1 Å². The molecule has 0 aromatic heterocycles. The van der Waals surface area contributed by atoms with Crippen LogP contribution >= 0.6 is 0 Å². The van der Waals surface area contributed by atoms with Crippen molar-refractivity contribution in [2.24, 2.45) is 11.8 Å². The fraction of sp³-hybridized carbons (Fsp3) is 0.667. The van der Waals surface area contributed by atoms with E-state index in [4.69, 9.17) is 9.47 Å². The Morgan fingerprint density at radius 3 is 2.88 bits per heavy atom. The monoisotopic (exact) mass is 224 g/mol. The van der Waals surface area contributed by atoms with Crippen molar-refractivity contribution < 1.29 is 19.1 Å². The lowest BCUT2D eigenvalue weighted by Crippen LogP contribution is -2.36. The highest BCUT2D eigenvalue weighted by Gasteiger charge is 2.57. The summed E-state index contributed by atoms with van der Waals surface area (Å²) in [6.07, 6.45) is 2.40. The van der Waals surface area contributed by atoms with Crippen molar-refractivity contribution in [3.05, 3.63) is 12.7 Å². The van der Waals surface area contributed by atoms with Gasteiger partial charge in [0.2, 0.25) is 0 Å². The Balaban J connectivity index is 2.04. The lowest BCUT2D eigenvalue weighted by molar-refractivity contribution is -0.164. The van der Waals surface area contributed by atoms with Crippen LogP contribution in [0.5, 0.6) is 0 Å². The van der Waals surface area contributed by atoms with Gasteiger partial charge in [0.1, 0.15) is 11.7 Å². The summed E-state index contributed by atoms with van der Waals surface area (Å²) in [6.45, 7) is 7.11. The molecule has 0 aromatic rings. The second kappa shape index (κ2) is 3.61. The molecule has 1 aliphatic carbocycles. The van der Waals surface area contributed by atoms with Gasteiger partial charge in [-0.15, -0.1) is 0 Å². The first-order chi connectivity index (χ1) is 7.45. The summed E-state index contributed by atoms with van der Waals surface area (Å²) in [5.41, 5.74) is -0.346. The number of rotatable bonds is 3. The maximum absolute atomic E-state index is 11.5. The summed E-state index contributed by atoms with van der Waals surface area (Å²) in [6, 6.07) is 0. The smallest absolute Gasteiger partial charge is 0.330 e. The van der Waals surface area contributed by atoms with E-state index in [1.807, 2.05) is 13.8 Å². The molecule has 0 amide bonds. The number of hydrogen-bond donors (Lipinski definition) is 0. The van der Waals surface area contributed by atoms with Gasteiger partial charge in [-0.2, -0.15) is 0 Å². The molecule has 88 valence electrons. The average Bonchev–Trinajstić information content (AvgIpc) is 2.69. The van der Waals surface area contributed by atoms with Crippen molar-refractivity contribution in [3.8, 4) is 0 Å². The minimum Gasteiger partial charge on any atom is -0.459 e. The highest BCUT2D eigenvalue weighted by Crippen LogP contribution is 2.50. The second-order valence-corrected chi connectivity index (χ2v) is 4.90. The second-order valence-electron chi connectivity index (χ2n) is 4.90. The first kappa shape index (κ1) is 11.2. The first-order valence-corrected chi connectivity index (χ1v) is 5.51. The molecule has 1 aliphatic heterocycles. The van der Waals surface area contributed by atoms with Crippen LogP contribution in [0.25, 0.3) is 0 Å². The third-order valence-corrected chi connectivity index (χ3v) is 3.56. The lowest BCUT2D eigenvalue weighted by Gasteiger charge is -2.29. The fourth-order valence-corrected chi connectivity index (χ4v) is 2.81. The van der Waals surface area contributed by atoms with Gasteiger partial charge in [0.25, 0.3) is 0 Å². The van der Waals surface area contributed by atoms with Crippen molar-refractivity contribution in [1.29, 1.82) is 0 Å². The predicted molar refractivity (Wildman–Crippen MR) is 56.5 cm³/mol. The van der Waals surface area contributed by atoms with E-state index in [1.54, 1.807) is 0 Å². The molecule has 2 aliphatic rings. The van der Waals surface area contributed by atoms with Crippen molar-refractivity contribution >= 4 is 11.9 Å². The molecule has 2 fully saturated rings. The number of carbonyl (C=O) groups is 2. The summed E-state index contributed by atoms with van der Waals surface area (Å²) in [5, 5.41) is 0. The summed E-state index contributed by atoms with van der Waals surface area (Å²) in [7, 11) is 0. The lowest BCUT2D eigenvalue weighted by atomic mass is 9.90. The van der Waals surface area contributed by atoms with E-state index in [1.165, 1.54) is 0 Å². The molecular formula is C12H16O4. The van der Waals surface area contributed by atoms with Crippen molar-refractivity contribution in [1.82, 2.24) is 0 Å². The molecule has 0 N–H and O–H groups in total. The third-order valence-electron chi connectivity index (χ3n) is 3.56. The van der Waals surface area contributed by atoms with E-state index in [2.05, 4.69) is 6.58 Å². The molecule has 1 saturated heterocycles. The Kier molecular flexibility index (Phi) is 2.52. The maximum atomic E-state index is 11.5. The van der Waals surface area contributed by atoms with Crippen LogP contribution in [0.1, 0.15) is 26.7 Å². The van der Waals surface area contributed by atoms with Gasteiger partial charge in [0.05, 0.1) is 5.92 Å². The molecule has 0 aromatic carbocycles. The molecule has 0 spiro atoms. The van der Waals surface area contributed by atoms with Gasteiger partial charge in [-0.3, -0.25) is 4.79 Å². The Morgan fingerprint density at radius 2 is 2.38 bits per heavy atom. The maximum Gasteiger partial charge on any atom is 0.330 e. The van der Waals surface area contributed by atoms with E-state index in [0.717, 1.165) is 18.9 Å². The molecule has 2 rings (SSSR count). The Labute approximate surface area is 94.6 Å². The van der Waals surface area contributed by atoms with Gasteiger partial charge in [-0.05, 0) is 20.3 Å². The molecule has 0 radical (unpaired) electrons. The molecule has 4 atom stereocenters. The molecule has 4 heteroatoms. The van der Waals surface area contributed by atoms with Gasteiger partial charge in [-0.1, -0.05) is 6.58 Å². The van der Waals surface area contributed by atoms with E-state index in [0.29, 0.717) is 0 Å². The van der Waals surface area contributed by atoms with Crippen LogP contribution in [0.4, 0.5) is 0 Å². The molecule has 4 nitrogen and oxygen atoms in total. The average molecular weight is 224 g/mol. The quantitative estimate of drug-likeness (QED) is 0.537. The van der Waals surface area contributed by atoms with E-state index in [-0.39, 0.29) is 29.5 Å². The number of fused-ring (bicyclic) bond motifs is 2. The molecule has 1 heterocycles. The topological polar surface area (TPSA) is 52.6 Å². The van der Waals surface area contributed by atoms with E-state index >= 15 is 0 Å². The summed E-state index contributed by atoms with van der Waals surface area (Å²) in [4.78, 5) is 22.6. The van der Waals surface area contributed by atoms with Crippen LogP contribution in [0.15, 0.2) is 12.7 Å². The van der Waals surface area contributed by atoms with Crippen LogP contribution in [0, 0.1) is 11.8 Å². The molecule has 4 unspecified atom stereocenters. The molecular weight excluding hydrogens is 208 g/mol. The minimum absolute atomic E-state index is 0.0788. The van der Waals surface area contributed by atoms with Crippen molar-refractivity contribution in [3.63, 3.8) is 0 Å². The molecule has 16 heavy (non-hydrogen) atoms. The summed E-state index contributed by atoms with van der Waals surface area (Å²) >= 11 is 0. The predicted octanol–water partition coefficient (Wildman–Crippen LogP) is 1.45. The van der Waals surface area contributed by atoms with Crippen LogP contribution < -0.4 is 0 Å². The Bertz CT molecular complexity index is 349. The van der Waals surface area contributed by atoms with Gasteiger partial charge in [0.15, 0.2) is 0 Å². The van der Waals surface area contributed by atoms with Crippen LogP contribution in [0.2, 0.25) is 0 Å². The number of hydrogen-bond acceptors (Lipinski definition) is 4. The van der Waals surface area contributed by atoms with Crippen LogP contribution in [-0.4, -0.2) is 23.6 Å². The van der Waals surface area contributed by atoms with E-state index in [9.17, 15) is 9.59 Å². The largest absolute Gasteiger partial charge is 0.459 e. The molecule has 1 saturated carbocycles. The summed E-state index contributed by atoms with van der Waals surface area (Å²) < 4.78 is 10.4. The number of esters is 2. The SMILES string of the molecule is C=CC(=O)OC(C)C1CC2(C)CC1C(=O)O2. The van der Waals surface area contributed by atoms with Gasteiger partial charge < -0.3 is 9.47 Å². The molecule has 2 bridgehead atoms. The first-order valence-electron chi connectivity index (χ1n) is 5.51. The standard InChI is InChI=1S/C12H16O4/c1-4-10(13)15-7(2)8-5-12(3)6-9(8)11(14)16-12/h4,7-9H,1,5-6H2,2-3H3. The zero-order chi connectivity index (χ0) is 11.9. The van der Waals surface area contributed by atoms with Gasteiger partial charge in [-0.25, -0.2) is 4.79 Å². The minimum atomic E-state index is -0.436. The normalized spacial score (nSPS) is 38.0. The van der Waals surface area contributed by atoms with Crippen molar-refractivity contribution in [2.75, 3.05) is 0 Å².